The Morgan fingerprint density at radius 1 is 1.00 bits per heavy atom. The molecule has 1 fully saturated rings. The highest BCUT2D eigenvalue weighted by atomic mass is 16.5. The molecule has 1 amide bonds. The van der Waals surface area contributed by atoms with E-state index in [0.717, 1.165) is 0 Å². The highest BCUT2D eigenvalue weighted by Crippen LogP contribution is 2.32. The van der Waals surface area contributed by atoms with Gasteiger partial charge < -0.3 is 10.1 Å². The Hall–Kier alpha value is -3.61. The van der Waals surface area contributed by atoms with Gasteiger partial charge in [0, 0.05) is 7.05 Å². The topological polar surface area (TPSA) is 82.3 Å². The summed E-state index contributed by atoms with van der Waals surface area (Å²) in [5.74, 6) is -0.569. The minimum Gasteiger partial charge on any atom is -0.449 e. The van der Waals surface area contributed by atoms with Gasteiger partial charge in [-0.1, -0.05) is 49.6 Å². The maximum Gasteiger partial charge on any atom is 0.338 e. The van der Waals surface area contributed by atoms with E-state index < -0.39 is 18.0 Å². The number of para-hydroxylation sites is 1. The quantitative estimate of drug-likeness (QED) is 0.539. The molecular weight excluding hydrogens is 430 g/mol. The predicted octanol–water partition coefficient (Wildman–Crippen LogP) is 4.72. The predicted molar refractivity (Wildman–Crippen MR) is 132 cm³/mol. The highest BCUT2D eigenvalue weighted by molar-refractivity contribution is 5.97. The molecule has 0 bridgehead atoms. The van der Waals surface area contributed by atoms with Gasteiger partial charge in [-0.15, -0.1) is 0 Å². The summed E-state index contributed by atoms with van der Waals surface area (Å²) in [6.07, 6.45) is 5.10. The van der Waals surface area contributed by atoms with Crippen LogP contribution in [0.25, 0.3) is 5.69 Å². The van der Waals surface area contributed by atoms with Gasteiger partial charge >= 0.3 is 5.97 Å². The number of aromatic nitrogens is 2. The fourth-order valence-electron chi connectivity index (χ4n) is 4.55. The first kappa shape index (κ1) is 23.5. The molecule has 7 nitrogen and oxygen atoms in total. The standard InChI is InChI=1S/C27H31N3O4/c1-18-24(26(32)30(29(18)3)23-12-8-5-9-13-23)28-25(31)19(2)34-27(33)22-16-14-21(15-17-22)20-10-6-4-7-11-20/h5,8-9,12-17,19-20H,4,6-7,10-11H2,1-3H3,(H,28,31)/t19-/m1/s1. The highest BCUT2D eigenvalue weighted by Gasteiger charge is 2.24. The Morgan fingerprint density at radius 3 is 2.29 bits per heavy atom. The van der Waals surface area contributed by atoms with Crippen molar-refractivity contribution in [1.29, 1.82) is 0 Å². The molecule has 1 saturated carbocycles. The maximum atomic E-state index is 13.0. The normalized spacial score (nSPS) is 15.0. The number of hydrogen-bond acceptors (Lipinski definition) is 4. The third-order valence-corrected chi connectivity index (χ3v) is 6.68. The Labute approximate surface area is 199 Å². The van der Waals surface area contributed by atoms with Crippen molar-refractivity contribution < 1.29 is 14.3 Å². The number of amides is 1. The molecule has 1 aliphatic rings. The van der Waals surface area contributed by atoms with Crippen molar-refractivity contribution in [2.24, 2.45) is 7.05 Å². The second-order valence-electron chi connectivity index (χ2n) is 8.93. The zero-order valence-electron chi connectivity index (χ0n) is 19.9. The smallest absolute Gasteiger partial charge is 0.338 e. The van der Waals surface area contributed by atoms with E-state index in [1.165, 1.54) is 49.3 Å². The number of nitrogens with zero attached hydrogens (tertiary/aromatic N) is 2. The first-order valence-electron chi connectivity index (χ1n) is 11.8. The molecular formula is C27H31N3O4. The van der Waals surface area contributed by atoms with E-state index >= 15 is 0 Å². The zero-order chi connectivity index (χ0) is 24.2. The molecule has 7 heteroatoms. The number of hydrogen-bond donors (Lipinski definition) is 1. The van der Waals surface area contributed by atoms with Crippen LogP contribution in [0.1, 0.15) is 66.6 Å². The van der Waals surface area contributed by atoms with Crippen molar-refractivity contribution in [3.8, 4) is 5.69 Å². The first-order valence-corrected chi connectivity index (χ1v) is 11.8. The van der Waals surface area contributed by atoms with Gasteiger partial charge in [0.15, 0.2) is 6.10 Å². The molecule has 1 heterocycles. The molecule has 4 rings (SSSR count). The Kier molecular flexibility index (Phi) is 7.01. The van der Waals surface area contributed by atoms with Crippen LogP contribution < -0.4 is 10.9 Å². The number of esters is 1. The van der Waals surface area contributed by atoms with Crippen LogP contribution in [0.2, 0.25) is 0 Å². The average molecular weight is 462 g/mol. The van der Waals surface area contributed by atoms with Crippen LogP contribution >= 0.6 is 0 Å². The molecule has 0 spiro atoms. The fourth-order valence-corrected chi connectivity index (χ4v) is 4.55. The number of nitrogens with one attached hydrogen (secondary N) is 1. The lowest BCUT2D eigenvalue weighted by atomic mass is 9.84. The van der Waals surface area contributed by atoms with Crippen molar-refractivity contribution in [2.45, 2.75) is 58.0 Å². The largest absolute Gasteiger partial charge is 0.449 e. The van der Waals surface area contributed by atoms with Crippen molar-refractivity contribution in [1.82, 2.24) is 9.36 Å². The van der Waals surface area contributed by atoms with Crippen molar-refractivity contribution in [2.75, 3.05) is 5.32 Å². The monoisotopic (exact) mass is 461 g/mol. The van der Waals surface area contributed by atoms with Crippen LogP contribution in [0.3, 0.4) is 0 Å². The van der Waals surface area contributed by atoms with Crippen molar-refractivity contribution in [3.05, 3.63) is 81.8 Å². The first-order chi connectivity index (χ1) is 16.4. The van der Waals surface area contributed by atoms with Crippen LogP contribution in [0.15, 0.2) is 59.4 Å². The molecule has 34 heavy (non-hydrogen) atoms. The summed E-state index contributed by atoms with van der Waals surface area (Å²) >= 11 is 0. The number of anilines is 1. The second-order valence-corrected chi connectivity index (χ2v) is 8.93. The van der Waals surface area contributed by atoms with Gasteiger partial charge in [-0.05, 0) is 62.4 Å². The fraction of sp³-hybridized carbons (Fsp3) is 0.370. The lowest BCUT2D eigenvalue weighted by molar-refractivity contribution is -0.123. The molecule has 1 atom stereocenters. The number of rotatable bonds is 6. The molecule has 1 aromatic heterocycles. The zero-order valence-corrected chi connectivity index (χ0v) is 19.9. The molecule has 0 radical (unpaired) electrons. The van der Waals surface area contributed by atoms with Crippen molar-refractivity contribution in [3.63, 3.8) is 0 Å². The van der Waals surface area contributed by atoms with Gasteiger partial charge in [0.05, 0.1) is 16.9 Å². The van der Waals surface area contributed by atoms with Gasteiger partial charge in [-0.2, -0.15) is 0 Å². The van der Waals surface area contributed by atoms with Crippen LogP contribution in [0.5, 0.6) is 0 Å². The van der Waals surface area contributed by atoms with Crippen LogP contribution in [0, 0.1) is 6.92 Å². The van der Waals surface area contributed by atoms with E-state index in [9.17, 15) is 14.4 Å². The minimum atomic E-state index is -1.06. The van der Waals surface area contributed by atoms with Crippen LogP contribution in [-0.2, 0) is 16.6 Å². The van der Waals surface area contributed by atoms with E-state index in [-0.39, 0.29) is 11.2 Å². The summed E-state index contributed by atoms with van der Waals surface area (Å²) in [7, 11) is 1.75. The summed E-state index contributed by atoms with van der Waals surface area (Å²) in [6.45, 7) is 3.25. The third kappa shape index (κ3) is 4.83. The van der Waals surface area contributed by atoms with Gasteiger partial charge in [-0.25, -0.2) is 9.48 Å². The Balaban J connectivity index is 1.42. The van der Waals surface area contributed by atoms with Gasteiger partial charge in [0.25, 0.3) is 11.5 Å². The number of benzene rings is 2. The van der Waals surface area contributed by atoms with Gasteiger partial charge in [-0.3, -0.25) is 14.3 Å². The number of carbonyl (C=O) groups is 2. The molecule has 0 saturated heterocycles. The van der Waals surface area contributed by atoms with E-state index in [1.807, 2.05) is 42.5 Å². The van der Waals surface area contributed by atoms with E-state index in [2.05, 4.69) is 5.32 Å². The molecule has 3 aromatic rings. The Morgan fingerprint density at radius 2 is 1.65 bits per heavy atom. The molecule has 178 valence electrons. The summed E-state index contributed by atoms with van der Waals surface area (Å²) in [4.78, 5) is 38.4. The average Bonchev–Trinajstić information content (AvgIpc) is 3.08. The molecule has 1 N–H and O–H groups in total. The molecule has 2 aromatic carbocycles. The van der Waals surface area contributed by atoms with Crippen LogP contribution in [0.4, 0.5) is 5.69 Å². The van der Waals surface area contributed by atoms with E-state index in [4.69, 9.17) is 4.74 Å². The second kappa shape index (κ2) is 10.1. The Bertz CT molecular complexity index is 1220. The molecule has 1 aliphatic carbocycles. The third-order valence-electron chi connectivity index (χ3n) is 6.68. The summed E-state index contributed by atoms with van der Waals surface area (Å²) in [5.41, 5.74) is 2.75. The lowest BCUT2D eigenvalue weighted by Crippen LogP contribution is -2.32. The van der Waals surface area contributed by atoms with Gasteiger partial charge in [0.1, 0.15) is 5.69 Å². The van der Waals surface area contributed by atoms with Gasteiger partial charge in [0.2, 0.25) is 0 Å². The molecule has 0 aliphatic heterocycles. The summed E-state index contributed by atoms with van der Waals surface area (Å²) < 4.78 is 8.55. The molecule has 0 unspecified atom stereocenters. The summed E-state index contributed by atoms with van der Waals surface area (Å²) in [6, 6.07) is 16.7. The maximum absolute atomic E-state index is 13.0. The summed E-state index contributed by atoms with van der Waals surface area (Å²) in [5, 5.41) is 2.65. The number of ether oxygens (including phenoxy) is 1. The van der Waals surface area contributed by atoms with E-state index in [0.29, 0.717) is 22.9 Å². The number of carbonyl (C=O) groups excluding carboxylic acids is 2. The SMILES string of the molecule is Cc1c(NC(=O)[C@@H](C)OC(=O)c2ccc(C3CCCCC3)cc2)c(=O)n(-c2ccccc2)n1C. The lowest BCUT2D eigenvalue weighted by Gasteiger charge is -2.22. The van der Waals surface area contributed by atoms with E-state index in [1.54, 1.807) is 30.8 Å². The van der Waals surface area contributed by atoms with Crippen molar-refractivity contribution >= 4 is 17.6 Å². The van der Waals surface area contributed by atoms with Crippen LogP contribution in [-0.4, -0.2) is 27.3 Å². The minimum absolute atomic E-state index is 0.163.